The van der Waals surface area contributed by atoms with E-state index >= 15 is 0 Å². The second-order valence-electron chi connectivity index (χ2n) is 4.33. The Bertz CT molecular complexity index is 657. The Balaban J connectivity index is 2.22. The number of aryl methyl sites for hydroxylation is 1. The number of halogens is 2. The summed E-state index contributed by atoms with van der Waals surface area (Å²) in [4.78, 5) is 15.7. The van der Waals surface area contributed by atoms with Gasteiger partial charge in [0, 0.05) is 6.20 Å². The summed E-state index contributed by atoms with van der Waals surface area (Å²) in [5.41, 5.74) is 1.89. The van der Waals surface area contributed by atoms with Crippen molar-refractivity contribution >= 4 is 40.7 Å². The molecule has 2 rings (SSSR count). The summed E-state index contributed by atoms with van der Waals surface area (Å²) in [7, 11) is 0. The number of aromatic nitrogens is 1. The highest BCUT2D eigenvalue weighted by molar-refractivity contribution is 6.39. The number of hydrogen-bond donors (Lipinski definition) is 1. The van der Waals surface area contributed by atoms with E-state index in [1.54, 1.807) is 25.1 Å². The van der Waals surface area contributed by atoms with E-state index in [-0.39, 0.29) is 0 Å². The highest BCUT2D eigenvalue weighted by Crippen LogP contribution is 2.34. The van der Waals surface area contributed by atoms with Gasteiger partial charge in [0.1, 0.15) is 5.82 Å². The van der Waals surface area contributed by atoms with Gasteiger partial charge in [0.2, 0.25) is 0 Å². The first-order valence-electron chi connectivity index (χ1n) is 6.37. The van der Waals surface area contributed by atoms with Crippen LogP contribution in [-0.4, -0.2) is 17.6 Å². The molecule has 0 aliphatic rings. The molecule has 0 amide bonds. The standard InChI is InChI=1S/C15H14Cl2N2O2/c1-3-21-15(20)10-5-7-12(18-8-10)19-14-11(16)6-4-9(2)13(14)17/h4-8H,3H2,1-2H3,(H,18,19). The fourth-order valence-corrected chi connectivity index (χ4v) is 2.17. The molecule has 0 aliphatic heterocycles. The van der Waals surface area contributed by atoms with Gasteiger partial charge in [-0.05, 0) is 37.6 Å². The van der Waals surface area contributed by atoms with Gasteiger partial charge in [-0.2, -0.15) is 0 Å². The summed E-state index contributed by atoms with van der Waals surface area (Å²) >= 11 is 12.3. The van der Waals surface area contributed by atoms with Crippen LogP contribution >= 0.6 is 23.2 Å². The number of ether oxygens (including phenoxy) is 1. The molecule has 0 unspecified atom stereocenters. The van der Waals surface area contributed by atoms with Crippen LogP contribution in [0.25, 0.3) is 0 Å². The van der Waals surface area contributed by atoms with Gasteiger partial charge in [0.25, 0.3) is 0 Å². The van der Waals surface area contributed by atoms with Gasteiger partial charge < -0.3 is 10.1 Å². The van der Waals surface area contributed by atoms with Crippen LogP contribution in [0.3, 0.4) is 0 Å². The summed E-state index contributed by atoms with van der Waals surface area (Å²) in [5.74, 6) is 0.139. The van der Waals surface area contributed by atoms with E-state index in [1.807, 2.05) is 13.0 Å². The molecular formula is C15H14Cl2N2O2. The number of esters is 1. The van der Waals surface area contributed by atoms with Crippen molar-refractivity contribution in [3.63, 3.8) is 0 Å². The third kappa shape index (κ3) is 3.65. The van der Waals surface area contributed by atoms with Crippen molar-refractivity contribution in [2.24, 2.45) is 0 Å². The summed E-state index contributed by atoms with van der Waals surface area (Å²) in [6, 6.07) is 6.90. The first-order chi connectivity index (χ1) is 10.0. The van der Waals surface area contributed by atoms with Gasteiger partial charge >= 0.3 is 5.97 Å². The van der Waals surface area contributed by atoms with Gasteiger partial charge in [-0.25, -0.2) is 9.78 Å². The lowest BCUT2D eigenvalue weighted by Crippen LogP contribution is -2.05. The molecule has 0 aliphatic carbocycles. The van der Waals surface area contributed by atoms with Crippen molar-refractivity contribution in [3.05, 3.63) is 51.6 Å². The first kappa shape index (κ1) is 15.6. The van der Waals surface area contributed by atoms with Crippen molar-refractivity contribution in [2.75, 3.05) is 11.9 Å². The van der Waals surface area contributed by atoms with Crippen molar-refractivity contribution < 1.29 is 9.53 Å². The number of pyridine rings is 1. The molecule has 0 spiro atoms. The smallest absolute Gasteiger partial charge is 0.339 e. The second-order valence-corrected chi connectivity index (χ2v) is 5.12. The zero-order valence-electron chi connectivity index (χ0n) is 11.6. The summed E-state index contributed by atoms with van der Waals surface area (Å²) in [6.45, 7) is 3.97. The Morgan fingerprint density at radius 1 is 1.29 bits per heavy atom. The minimum Gasteiger partial charge on any atom is -0.462 e. The van der Waals surface area contributed by atoms with E-state index in [4.69, 9.17) is 27.9 Å². The molecule has 110 valence electrons. The van der Waals surface area contributed by atoms with Crippen LogP contribution in [0.5, 0.6) is 0 Å². The van der Waals surface area contributed by atoms with Crippen LogP contribution in [0.1, 0.15) is 22.8 Å². The number of benzene rings is 1. The number of anilines is 2. The van der Waals surface area contributed by atoms with Crippen molar-refractivity contribution in [1.29, 1.82) is 0 Å². The van der Waals surface area contributed by atoms with E-state index in [0.29, 0.717) is 33.7 Å². The van der Waals surface area contributed by atoms with Gasteiger partial charge in [0.05, 0.1) is 27.9 Å². The van der Waals surface area contributed by atoms with E-state index in [0.717, 1.165) is 5.56 Å². The lowest BCUT2D eigenvalue weighted by atomic mass is 10.2. The number of carbonyl (C=O) groups excluding carboxylic acids is 1. The molecular weight excluding hydrogens is 311 g/mol. The number of nitrogens with zero attached hydrogens (tertiary/aromatic N) is 1. The molecule has 1 heterocycles. The van der Waals surface area contributed by atoms with Crippen LogP contribution in [0.4, 0.5) is 11.5 Å². The SMILES string of the molecule is CCOC(=O)c1ccc(Nc2c(Cl)ccc(C)c2Cl)nc1. The molecule has 0 atom stereocenters. The molecule has 1 N–H and O–H groups in total. The minimum absolute atomic E-state index is 0.327. The van der Waals surface area contributed by atoms with Crippen LogP contribution in [-0.2, 0) is 4.74 Å². The quantitative estimate of drug-likeness (QED) is 0.834. The summed E-state index contributed by atoms with van der Waals surface area (Å²) < 4.78 is 4.90. The predicted molar refractivity (Wildman–Crippen MR) is 84.7 cm³/mol. The van der Waals surface area contributed by atoms with E-state index in [1.165, 1.54) is 6.20 Å². The Kier molecular flexibility index (Phi) is 5.04. The molecule has 0 bridgehead atoms. The van der Waals surface area contributed by atoms with Crippen LogP contribution < -0.4 is 5.32 Å². The monoisotopic (exact) mass is 324 g/mol. The molecule has 1 aromatic heterocycles. The van der Waals surface area contributed by atoms with E-state index < -0.39 is 5.97 Å². The number of carbonyl (C=O) groups is 1. The largest absolute Gasteiger partial charge is 0.462 e. The maximum Gasteiger partial charge on any atom is 0.339 e. The highest BCUT2D eigenvalue weighted by atomic mass is 35.5. The molecule has 4 nitrogen and oxygen atoms in total. The third-order valence-electron chi connectivity index (χ3n) is 2.81. The van der Waals surface area contributed by atoms with Gasteiger partial charge in [-0.1, -0.05) is 29.3 Å². The molecule has 2 aromatic rings. The fourth-order valence-electron chi connectivity index (χ4n) is 1.70. The molecule has 21 heavy (non-hydrogen) atoms. The minimum atomic E-state index is -0.400. The molecule has 0 fully saturated rings. The lowest BCUT2D eigenvalue weighted by molar-refractivity contribution is 0.0526. The maximum absolute atomic E-state index is 11.5. The predicted octanol–water partition coefficient (Wildman–Crippen LogP) is 4.62. The highest BCUT2D eigenvalue weighted by Gasteiger charge is 2.10. The van der Waals surface area contributed by atoms with Gasteiger partial charge in [0.15, 0.2) is 0 Å². The Morgan fingerprint density at radius 3 is 2.67 bits per heavy atom. The lowest BCUT2D eigenvalue weighted by Gasteiger charge is -2.11. The average molecular weight is 325 g/mol. The number of rotatable bonds is 4. The van der Waals surface area contributed by atoms with Crippen LogP contribution in [0.2, 0.25) is 10.0 Å². The van der Waals surface area contributed by atoms with Gasteiger partial charge in [-0.3, -0.25) is 0 Å². The molecule has 0 saturated carbocycles. The van der Waals surface area contributed by atoms with E-state index in [9.17, 15) is 4.79 Å². The topological polar surface area (TPSA) is 51.2 Å². The molecule has 0 radical (unpaired) electrons. The normalized spacial score (nSPS) is 10.3. The maximum atomic E-state index is 11.5. The van der Waals surface area contributed by atoms with Crippen molar-refractivity contribution in [1.82, 2.24) is 4.98 Å². The summed E-state index contributed by atoms with van der Waals surface area (Å²) in [5, 5.41) is 4.09. The first-order valence-corrected chi connectivity index (χ1v) is 7.13. The average Bonchev–Trinajstić information content (AvgIpc) is 2.48. The van der Waals surface area contributed by atoms with E-state index in [2.05, 4.69) is 10.3 Å². The number of hydrogen-bond acceptors (Lipinski definition) is 4. The zero-order chi connectivity index (χ0) is 15.4. The van der Waals surface area contributed by atoms with Crippen molar-refractivity contribution in [2.45, 2.75) is 13.8 Å². The van der Waals surface area contributed by atoms with Crippen LogP contribution in [0.15, 0.2) is 30.5 Å². The molecule has 1 aromatic carbocycles. The molecule has 0 saturated heterocycles. The number of nitrogens with one attached hydrogen (secondary N) is 1. The Labute approximate surface area is 133 Å². The Morgan fingerprint density at radius 2 is 2.05 bits per heavy atom. The Hall–Kier alpha value is -1.78. The third-order valence-corrected chi connectivity index (χ3v) is 3.61. The summed E-state index contributed by atoms with van der Waals surface area (Å²) in [6.07, 6.45) is 1.44. The second kappa shape index (κ2) is 6.78. The fraction of sp³-hybridized carbons (Fsp3) is 0.200. The van der Waals surface area contributed by atoms with Crippen molar-refractivity contribution in [3.8, 4) is 0 Å². The van der Waals surface area contributed by atoms with Crippen LogP contribution in [0, 0.1) is 6.92 Å². The zero-order valence-corrected chi connectivity index (χ0v) is 13.1. The molecule has 6 heteroatoms. The van der Waals surface area contributed by atoms with Gasteiger partial charge in [-0.15, -0.1) is 0 Å².